The van der Waals surface area contributed by atoms with Gasteiger partial charge in [0, 0.05) is 29.8 Å². The van der Waals surface area contributed by atoms with Crippen molar-refractivity contribution >= 4 is 0 Å². The topological polar surface area (TPSA) is 104 Å². The number of aliphatic hydroxyl groups is 1. The first-order valence-corrected chi connectivity index (χ1v) is 7.15. The molecule has 3 N–H and O–H groups in total. The first kappa shape index (κ1) is 13.8. The van der Waals surface area contributed by atoms with Crippen LogP contribution in [0.15, 0.2) is 9.59 Å². The van der Waals surface area contributed by atoms with Crippen molar-refractivity contribution in [2.45, 2.75) is 39.0 Å². The lowest BCUT2D eigenvalue weighted by Crippen LogP contribution is -2.27. The maximum atomic E-state index is 12.3. The summed E-state index contributed by atoms with van der Waals surface area (Å²) in [6, 6.07) is 0. The monoisotopic (exact) mass is 290 g/mol. The summed E-state index contributed by atoms with van der Waals surface area (Å²) < 4.78 is 1.25. The molecule has 0 saturated carbocycles. The van der Waals surface area contributed by atoms with Gasteiger partial charge in [-0.3, -0.25) is 19.7 Å². The molecule has 21 heavy (non-hydrogen) atoms. The van der Waals surface area contributed by atoms with Crippen LogP contribution in [0.5, 0.6) is 0 Å². The van der Waals surface area contributed by atoms with Crippen LogP contribution in [0, 0.1) is 6.92 Å². The summed E-state index contributed by atoms with van der Waals surface area (Å²) >= 11 is 0. The van der Waals surface area contributed by atoms with Gasteiger partial charge in [0.15, 0.2) is 0 Å². The number of hydrogen-bond donors (Lipinski definition) is 3. The summed E-state index contributed by atoms with van der Waals surface area (Å²) in [7, 11) is 0. The van der Waals surface area contributed by atoms with Crippen LogP contribution in [0.4, 0.5) is 0 Å². The number of H-pyrrole nitrogens is 2. The van der Waals surface area contributed by atoms with Gasteiger partial charge in [-0.15, -0.1) is 0 Å². The van der Waals surface area contributed by atoms with E-state index in [4.69, 9.17) is 5.11 Å². The van der Waals surface area contributed by atoms with Gasteiger partial charge in [-0.05, 0) is 32.6 Å². The van der Waals surface area contributed by atoms with Crippen LogP contribution >= 0.6 is 0 Å². The smallest absolute Gasteiger partial charge is 0.277 e. The third-order valence-corrected chi connectivity index (χ3v) is 3.95. The molecule has 2 heterocycles. The van der Waals surface area contributed by atoms with Gasteiger partial charge in [-0.1, -0.05) is 0 Å². The normalized spacial score (nSPS) is 14.2. The number of nitrogens with zero attached hydrogens (tertiary/aromatic N) is 2. The molecule has 1 aliphatic carbocycles. The average Bonchev–Trinajstić information content (AvgIpc) is 2.76. The van der Waals surface area contributed by atoms with Crippen molar-refractivity contribution in [1.29, 1.82) is 0 Å². The van der Waals surface area contributed by atoms with Crippen molar-refractivity contribution in [3.05, 3.63) is 43.2 Å². The van der Waals surface area contributed by atoms with Gasteiger partial charge in [-0.25, -0.2) is 4.98 Å². The van der Waals surface area contributed by atoms with E-state index < -0.39 is 0 Å². The molecule has 0 saturated heterocycles. The van der Waals surface area contributed by atoms with Crippen LogP contribution in [0.1, 0.15) is 35.4 Å². The quantitative estimate of drug-likeness (QED) is 0.738. The molecule has 2 aromatic rings. The maximum Gasteiger partial charge on any atom is 0.277 e. The highest BCUT2D eigenvalue weighted by atomic mass is 16.3. The Hall–Kier alpha value is -2.15. The SMILES string of the molecule is Cc1[nH]n(-c2nc3c(c(=O)[nH]2)CCCC3)c(=O)c1CCO. The highest BCUT2D eigenvalue weighted by Gasteiger charge is 2.18. The van der Waals surface area contributed by atoms with Crippen molar-refractivity contribution in [3.8, 4) is 5.95 Å². The lowest BCUT2D eigenvalue weighted by Gasteiger charge is -2.14. The number of hydrogen-bond acceptors (Lipinski definition) is 4. The second kappa shape index (κ2) is 5.33. The van der Waals surface area contributed by atoms with E-state index in [1.54, 1.807) is 6.92 Å². The van der Waals surface area contributed by atoms with E-state index in [1.165, 1.54) is 4.68 Å². The van der Waals surface area contributed by atoms with Crippen LogP contribution in [0.3, 0.4) is 0 Å². The van der Waals surface area contributed by atoms with Crippen LogP contribution in [-0.4, -0.2) is 31.5 Å². The summed E-state index contributed by atoms with van der Waals surface area (Å²) in [4.78, 5) is 31.6. The molecule has 7 heteroatoms. The molecule has 1 aliphatic rings. The fourth-order valence-electron chi connectivity index (χ4n) is 2.83. The number of fused-ring (bicyclic) bond motifs is 1. The van der Waals surface area contributed by atoms with E-state index in [9.17, 15) is 9.59 Å². The molecule has 0 fully saturated rings. The molecule has 2 aromatic heterocycles. The zero-order valence-corrected chi connectivity index (χ0v) is 11.9. The summed E-state index contributed by atoms with van der Waals surface area (Å²) in [6.07, 6.45) is 3.80. The summed E-state index contributed by atoms with van der Waals surface area (Å²) in [5.41, 5.74) is 2.25. The Morgan fingerprint density at radius 1 is 1.29 bits per heavy atom. The van der Waals surface area contributed by atoms with Crippen molar-refractivity contribution < 1.29 is 5.11 Å². The Morgan fingerprint density at radius 3 is 2.81 bits per heavy atom. The zero-order chi connectivity index (χ0) is 15.0. The number of rotatable bonds is 3. The zero-order valence-electron chi connectivity index (χ0n) is 11.9. The number of aromatic nitrogens is 4. The number of aromatic amines is 2. The molecule has 0 aliphatic heterocycles. The van der Waals surface area contributed by atoms with Crippen molar-refractivity contribution in [2.75, 3.05) is 6.61 Å². The lowest BCUT2D eigenvalue weighted by atomic mass is 9.97. The van der Waals surface area contributed by atoms with E-state index in [2.05, 4.69) is 15.1 Å². The third kappa shape index (κ3) is 2.33. The average molecular weight is 290 g/mol. The molecule has 0 aromatic carbocycles. The molecule has 112 valence electrons. The van der Waals surface area contributed by atoms with E-state index in [0.29, 0.717) is 11.3 Å². The molecule has 7 nitrogen and oxygen atoms in total. The van der Waals surface area contributed by atoms with Gasteiger partial charge in [0.25, 0.3) is 11.1 Å². The Morgan fingerprint density at radius 2 is 2.05 bits per heavy atom. The van der Waals surface area contributed by atoms with Crippen molar-refractivity contribution in [3.63, 3.8) is 0 Å². The van der Waals surface area contributed by atoms with Gasteiger partial charge in [0.2, 0.25) is 5.95 Å². The van der Waals surface area contributed by atoms with Gasteiger partial charge >= 0.3 is 0 Å². The maximum absolute atomic E-state index is 12.3. The van der Waals surface area contributed by atoms with Crippen molar-refractivity contribution in [2.24, 2.45) is 0 Å². The fraction of sp³-hybridized carbons (Fsp3) is 0.500. The first-order valence-electron chi connectivity index (χ1n) is 7.15. The standard InChI is InChI=1S/C14H18N4O3/c1-8-9(6-7-19)13(21)18(17-8)14-15-11-5-3-2-4-10(11)12(20)16-14/h17,19H,2-7H2,1H3,(H,15,16,20). The molecule has 0 atom stereocenters. The van der Waals surface area contributed by atoms with Gasteiger partial charge in [-0.2, -0.15) is 4.68 Å². The molecule has 0 radical (unpaired) electrons. The van der Waals surface area contributed by atoms with E-state index in [0.717, 1.165) is 36.9 Å². The largest absolute Gasteiger partial charge is 0.396 e. The number of nitrogens with one attached hydrogen (secondary N) is 2. The predicted molar refractivity (Wildman–Crippen MR) is 77.0 cm³/mol. The molecule has 0 amide bonds. The second-order valence-electron chi connectivity index (χ2n) is 5.35. The molecule has 0 bridgehead atoms. The lowest BCUT2D eigenvalue weighted by molar-refractivity contribution is 0.299. The minimum atomic E-state index is -0.277. The Labute approximate surface area is 120 Å². The number of aliphatic hydroxyl groups excluding tert-OH is 1. The van der Waals surface area contributed by atoms with Crippen LogP contribution in [-0.2, 0) is 19.3 Å². The van der Waals surface area contributed by atoms with E-state index in [-0.39, 0.29) is 30.1 Å². The summed E-state index contributed by atoms with van der Waals surface area (Å²) in [5, 5.41) is 11.9. The molecule has 0 unspecified atom stereocenters. The molecular weight excluding hydrogens is 272 g/mol. The third-order valence-electron chi connectivity index (χ3n) is 3.95. The summed E-state index contributed by atoms with van der Waals surface area (Å²) in [6.45, 7) is 1.67. The van der Waals surface area contributed by atoms with E-state index >= 15 is 0 Å². The minimum Gasteiger partial charge on any atom is -0.396 e. The van der Waals surface area contributed by atoms with Gasteiger partial charge in [0.05, 0.1) is 5.69 Å². The highest BCUT2D eigenvalue weighted by Crippen LogP contribution is 2.16. The van der Waals surface area contributed by atoms with Crippen molar-refractivity contribution in [1.82, 2.24) is 19.7 Å². The Balaban J connectivity index is 2.13. The summed E-state index contributed by atoms with van der Waals surface area (Å²) in [5.74, 6) is 0.220. The number of aryl methyl sites for hydroxylation is 2. The Kier molecular flexibility index (Phi) is 3.50. The molecule has 3 rings (SSSR count). The second-order valence-corrected chi connectivity index (χ2v) is 5.35. The predicted octanol–water partition coefficient (Wildman–Crippen LogP) is -0.0291. The van der Waals surface area contributed by atoms with Crippen LogP contribution in [0.2, 0.25) is 0 Å². The molecular formula is C14H18N4O3. The molecule has 0 spiro atoms. The first-order chi connectivity index (χ1) is 10.1. The van der Waals surface area contributed by atoms with Crippen LogP contribution < -0.4 is 11.1 Å². The van der Waals surface area contributed by atoms with Crippen LogP contribution in [0.25, 0.3) is 5.95 Å². The highest BCUT2D eigenvalue weighted by molar-refractivity contribution is 5.27. The Bertz CT molecular complexity index is 784. The van der Waals surface area contributed by atoms with Gasteiger partial charge in [0.1, 0.15) is 0 Å². The fourth-order valence-corrected chi connectivity index (χ4v) is 2.83. The van der Waals surface area contributed by atoms with E-state index in [1.807, 2.05) is 0 Å². The minimum absolute atomic E-state index is 0.0952. The van der Waals surface area contributed by atoms with Gasteiger partial charge < -0.3 is 5.11 Å².